The zero-order chi connectivity index (χ0) is 28.4. The molecule has 2 rings (SSSR count). The van der Waals surface area contributed by atoms with Crippen molar-refractivity contribution in [2.45, 2.75) is 141 Å². The second-order valence-corrected chi connectivity index (χ2v) is 13.3. The number of hydrogen-bond donors (Lipinski definition) is 1. The number of unbranched alkanes of at least 4 members (excludes halogenated alkanes) is 15. The maximum absolute atomic E-state index is 12.6. The molecule has 0 saturated carbocycles. The number of nitrogens with zero attached hydrogens (tertiary/aromatic N) is 3. The van der Waals surface area contributed by atoms with Gasteiger partial charge < -0.3 is 19.6 Å². The zero-order valence-electron chi connectivity index (χ0n) is 26.5. The molecule has 0 aromatic heterocycles. The SMILES string of the molecule is CCCCCCCCCCCCCCCCCC[N+](C)(C)C(CNC)(CN1CCCC1=O)CN1CCCC1=O. The van der Waals surface area contributed by atoms with Gasteiger partial charge in [-0.1, -0.05) is 96.8 Å². The smallest absolute Gasteiger partial charge is 0.222 e. The normalized spacial score (nSPS) is 16.7. The summed E-state index contributed by atoms with van der Waals surface area (Å²) in [6.07, 6.45) is 25.4. The molecule has 2 heterocycles. The van der Waals surface area contributed by atoms with E-state index < -0.39 is 0 Å². The Morgan fingerprint density at radius 3 is 1.38 bits per heavy atom. The van der Waals surface area contributed by atoms with Crippen molar-refractivity contribution in [3.63, 3.8) is 0 Å². The molecule has 0 bridgehead atoms. The lowest BCUT2D eigenvalue weighted by molar-refractivity contribution is -0.939. The Morgan fingerprint density at radius 2 is 1.05 bits per heavy atom. The monoisotopic (exact) mass is 550 g/mol. The largest absolute Gasteiger partial charge is 0.336 e. The minimum absolute atomic E-state index is 0.190. The lowest BCUT2D eigenvalue weighted by Crippen LogP contribution is -2.72. The molecular weight excluding hydrogens is 484 g/mol. The highest BCUT2D eigenvalue weighted by Gasteiger charge is 2.49. The van der Waals surface area contributed by atoms with Crippen LogP contribution in [0.5, 0.6) is 0 Å². The van der Waals surface area contributed by atoms with E-state index in [2.05, 4.69) is 36.1 Å². The first kappa shape index (κ1) is 34.1. The molecular formula is C33H65N4O2+. The fraction of sp³-hybridized carbons (Fsp3) is 0.939. The summed E-state index contributed by atoms with van der Waals surface area (Å²) in [6, 6.07) is 0. The summed E-state index contributed by atoms with van der Waals surface area (Å²) in [4.78, 5) is 29.4. The molecule has 2 saturated heterocycles. The number of likely N-dealkylation sites (tertiary alicyclic amines) is 2. The van der Waals surface area contributed by atoms with Crippen LogP contribution < -0.4 is 5.32 Å². The zero-order valence-corrected chi connectivity index (χ0v) is 26.5. The van der Waals surface area contributed by atoms with Gasteiger partial charge in [-0.05, 0) is 32.7 Å². The first-order chi connectivity index (χ1) is 18.8. The van der Waals surface area contributed by atoms with Crippen molar-refractivity contribution < 1.29 is 14.1 Å². The van der Waals surface area contributed by atoms with Crippen LogP contribution in [0.2, 0.25) is 0 Å². The van der Waals surface area contributed by atoms with Gasteiger partial charge in [-0.3, -0.25) is 9.59 Å². The Bertz CT molecular complexity index is 653. The summed E-state index contributed by atoms with van der Waals surface area (Å²) in [5.41, 5.74) is -0.190. The molecule has 0 aromatic rings. The summed E-state index contributed by atoms with van der Waals surface area (Å²) >= 11 is 0. The van der Waals surface area contributed by atoms with Gasteiger partial charge in [0.15, 0.2) is 0 Å². The van der Waals surface area contributed by atoms with Gasteiger partial charge in [0, 0.05) is 25.9 Å². The van der Waals surface area contributed by atoms with Crippen LogP contribution in [0.3, 0.4) is 0 Å². The van der Waals surface area contributed by atoms with Gasteiger partial charge in [0.1, 0.15) is 5.54 Å². The Balaban J connectivity index is 1.70. The van der Waals surface area contributed by atoms with Gasteiger partial charge in [-0.25, -0.2) is 0 Å². The third-order valence-corrected chi connectivity index (χ3v) is 9.67. The molecule has 6 nitrogen and oxygen atoms in total. The predicted octanol–water partition coefficient (Wildman–Crippen LogP) is 6.53. The van der Waals surface area contributed by atoms with Gasteiger partial charge in [0.05, 0.1) is 40.3 Å². The molecule has 6 heteroatoms. The van der Waals surface area contributed by atoms with Crippen LogP contribution >= 0.6 is 0 Å². The van der Waals surface area contributed by atoms with Crippen LogP contribution in [0.1, 0.15) is 135 Å². The molecule has 1 N–H and O–H groups in total. The molecule has 0 spiro atoms. The van der Waals surface area contributed by atoms with Gasteiger partial charge in [-0.2, -0.15) is 0 Å². The second kappa shape index (κ2) is 19.1. The minimum atomic E-state index is -0.190. The minimum Gasteiger partial charge on any atom is -0.336 e. The Hall–Kier alpha value is -1.14. The first-order valence-electron chi connectivity index (χ1n) is 16.9. The molecule has 0 aliphatic carbocycles. The van der Waals surface area contributed by atoms with E-state index in [9.17, 15) is 9.59 Å². The molecule has 2 aliphatic heterocycles. The lowest BCUT2D eigenvalue weighted by Gasteiger charge is -2.51. The predicted molar refractivity (Wildman–Crippen MR) is 165 cm³/mol. The highest BCUT2D eigenvalue weighted by atomic mass is 16.2. The van der Waals surface area contributed by atoms with E-state index in [0.717, 1.165) is 56.6 Å². The van der Waals surface area contributed by atoms with Crippen molar-refractivity contribution in [2.75, 3.05) is 60.4 Å². The van der Waals surface area contributed by atoms with Crippen molar-refractivity contribution >= 4 is 11.8 Å². The molecule has 0 unspecified atom stereocenters. The van der Waals surface area contributed by atoms with E-state index in [0.29, 0.717) is 12.8 Å². The van der Waals surface area contributed by atoms with Gasteiger partial charge in [0.25, 0.3) is 0 Å². The molecule has 0 aromatic carbocycles. The van der Waals surface area contributed by atoms with Crippen LogP contribution in [0.4, 0.5) is 0 Å². The van der Waals surface area contributed by atoms with Crippen molar-refractivity contribution in [3.05, 3.63) is 0 Å². The summed E-state index contributed by atoms with van der Waals surface area (Å²) in [5, 5.41) is 3.46. The van der Waals surface area contributed by atoms with Gasteiger partial charge in [0.2, 0.25) is 11.8 Å². The molecule has 2 aliphatic rings. The van der Waals surface area contributed by atoms with E-state index in [4.69, 9.17) is 0 Å². The fourth-order valence-corrected chi connectivity index (χ4v) is 6.83. The maximum Gasteiger partial charge on any atom is 0.222 e. The van der Waals surface area contributed by atoms with Crippen molar-refractivity contribution in [3.8, 4) is 0 Å². The number of hydrogen-bond acceptors (Lipinski definition) is 3. The van der Waals surface area contributed by atoms with Gasteiger partial charge >= 0.3 is 0 Å². The summed E-state index contributed by atoms with van der Waals surface area (Å²) in [5.74, 6) is 0.566. The molecule has 0 radical (unpaired) electrons. The van der Waals surface area contributed by atoms with Crippen molar-refractivity contribution in [1.29, 1.82) is 0 Å². The quantitative estimate of drug-likeness (QED) is 0.110. The molecule has 228 valence electrons. The number of carbonyl (C=O) groups is 2. The van der Waals surface area contributed by atoms with E-state index >= 15 is 0 Å². The molecule has 2 fully saturated rings. The third-order valence-electron chi connectivity index (χ3n) is 9.67. The Kier molecular flexibility index (Phi) is 16.7. The standard InChI is InChI=1S/C33H65N4O2/c1-5-6-7-8-9-10-11-12-13-14-15-16-17-18-19-20-27-37(3,4)33(28-34-2,29-35-25-21-23-31(35)38)30-36-26-22-24-32(36)39/h34H,5-30H2,1-4H3/q+1. The number of rotatable bonds is 24. The van der Waals surface area contributed by atoms with Crippen LogP contribution in [0.25, 0.3) is 0 Å². The number of amides is 2. The van der Waals surface area contributed by atoms with Crippen LogP contribution in [0.15, 0.2) is 0 Å². The summed E-state index contributed by atoms with van der Waals surface area (Å²) in [7, 11) is 6.69. The van der Waals surface area contributed by atoms with E-state index in [1.807, 2.05) is 7.05 Å². The average molecular weight is 550 g/mol. The second-order valence-electron chi connectivity index (χ2n) is 13.3. The Labute approximate surface area is 242 Å². The molecule has 2 amide bonds. The summed E-state index contributed by atoms with van der Waals surface area (Å²) < 4.78 is 0.847. The number of carbonyl (C=O) groups excluding carboxylic acids is 2. The summed E-state index contributed by atoms with van der Waals surface area (Å²) in [6.45, 7) is 7.38. The molecule has 39 heavy (non-hydrogen) atoms. The van der Waals surface area contributed by atoms with Crippen molar-refractivity contribution in [2.24, 2.45) is 0 Å². The maximum atomic E-state index is 12.6. The first-order valence-corrected chi connectivity index (χ1v) is 16.9. The fourth-order valence-electron chi connectivity index (χ4n) is 6.83. The number of quaternary nitrogens is 1. The topological polar surface area (TPSA) is 52.7 Å². The van der Waals surface area contributed by atoms with E-state index in [1.165, 1.54) is 103 Å². The highest BCUT2D eigenvalue weighted by molar-refractivity contribution is 5.79. The molecule has 0 atom stereocenters. The van der Waals surface area contributed by atoms with Crippen molar-refractivity contribution in [1.82, 2.24) is 15.1 Å². The highest BCUT2D eigenvalue weighted by Crippen LogP contribution is 2.29. The van der Waals surface area contributed by atoms with E-state index in [-0.39, 0.29) is 17.4 Å². The Morgan fingerprint density at radius 1 is 0.667 bits per heavy atom. The van der Waals surface area contributed by atoms with E-state index in [1.54, 1.807) is 0 Å². The van der Waals surface area contributed by atoms with Crippen LogP contribution in [0, 0.1) is 0 Å². The third kappa shape index (κ3) is 12.1. The van der Waals surface area contributed by atoms with Gasteiger partial charge in [-0.15, -0.1) is 0 Å². The number of nitrogens with one attached hydrogen (secondary N) is 1. The average Bonchev–Trinajstić information content (AvgIpc) is 3.50. The lowest BCUT2D eigenvalue weighted by atomic mass is 9.91. The number of likely N-dealkylation sites (N-methyl/N-ethyl adjacent to an activating group) is 2. The van der Waals surface area contributed by atoms with Crippen LogP contribution in [-0.2, 0) is 9.59 Å². The van der Waals surface area contributed by atoms with Crippen LogP contribution in [-0.4, -0.2) is 92.0 Å².